The number of morpholine rings is 1. The van der Waals surface area contributed by atoms with Crippen LogP contribution in [0.25, 0.3) is 11.5 Å². The first-order valence-corrected chi connectivity index (χ1v) is 7.05. The molecule has 1 aliphatic heterocycles. The number of phenols is 1. The first-order chi connectivity index (χ1) is 9.63. The minimum absolute atomic E-state index is 0.0938. The fraction of sp³-hybridized carbons (Fsp3) is 0.385. The van der Waals surface area contributed by atoms with Crippen molar-refractivity contribution in [1.82, 2.24) is 15.0 Å². The second-order valence-electron chi connectivity index (χ2n) is 4.74. The molecule has 1 atom stereocenters. The Morgan fingerprint density at radius 3 is 3.05 bits per heavy atom. The van der Waals surface area contributed by atoms with Crippen LogP contribution in [-0.4, -0.2) is 46.9 Å². The van der Waals surface area contributed by atoms with Gasteiger partial charge in [0.2, 0.25) is 5.82 Å². The van der Waals surface area contributed by atoms with Gasteiger partial charge in [-0.15, -0.1) is 0 Å². The number of benzene rings is 1. The molecule has 1 aromatic carbocycles. The quantitative estimate of drug-likeness (QED) is 0.904. The number of aromatic hydroxyl groups is 1. The van der Waals surface area contributed by atoms with Gasteiger partial charge in [-0.3, -0.25) is 0 Å². The number of hydrogen-bond donors (Lipinski definition) is 1. The molecule has 1 saturated heterocycles. The maximum Gasteiger partial charge on any atom is 0.261 e. The van der Waals surface area contributed by atoms with Crippen LogP contribution < -0.4 is 0 Å². The van der Waals surface area contributed by atoms with Gasteiger partial charge in [0.05, 0.1) is 12.2 Å². The number of rotatable bonds is 2. The molecule has 1 fully saturated rings. The Balaban J connectivity index is 1.86. The van der Waals surface area contributed by atoms with E-state index in [4.69, 9.17) is 9.26 Å². The molecule has 3 rings (SSSR count). The number of hydrogen-bond acceptors (Lipinski definition) is 6. The number of nitrogens with zero attached hydrogens (tertiary/aromatic N) is 3. The average Bonchev–Trinajstić information content (AvgIpc) is 2.88. The number of ether oxygens (including phenoxy) is 1. The molecular weight excluding hydrogens is 326 g/mol. The van der Waals surface area contributed by atoms with Gasteiger partial charge in [-0.05, 0) is 25.2 Å². The van der Waals surface area contributed by atoms with E-state index in [2.05, 4.69) is 31.0 Å². The molecule has 0 aliphatic carbocycles. The normalized spacial score (nSPS) is 20.2. The highest BCUT2D eigenvalue weighted by atomic mass is 79.9. The summed E-state index contributed by atoms with van der Waals surface area (Å²) in [6.45, 7) is 2.27. The minimum atomic E-state index is -0.191. The van der Waals surface area contributed by atoms with Crippen LogP contribution >= 0.6 is 15.9 Å². The van der Waals surface area contributed by atoms with Gasteiger partial charge in [0.25, 0.3) is 5.89 Å². The molecule has 0 saturated carbocycles. The Bertz CT molecular complexity index is 617. The third-order valence-corrected chi connectivity index (χ3v) is 3.68. The SMILES string of the molecule is CN1CCOC(c2noc(-c3ccc(Br)cc3O)n2)C1. The van der Waals surface area contributed by atoms with E-state index in [-0.39, 0.29) is 11.9 Å². The second-order valence-corrected chi connectivity index (χ2v) is 5.66. The highest BCUT2D eigenvalue weighted by molar-refractivity contribution is 9.10. The van der Waals surface area contributed by atoms with Gasteiger partial charge >= 0.3 is 0 Å². The van der Waals surface area contributed by atoms with Crippen molar-refractivity contribution in [3.05, 3.63) is 28.5 Å². The molecule has 0 amide bonds. The van der Waals surface area contributed by atoms with Crippen LogP contribution in [-0.2, 0) is 4.74 Å². The Morgan fingerprint density at radius 1 is 1.45 bits per heavy atom. The summed E-state index contributed by atoms with van der Waals surface area (Å²) in [6, 6.07) is 5.12. The average molecular weight is 340 g/mol. The molecule has 1 aliphatic rings. The molecule has 6 nitrogen and oxygen atoms in total. The smallest absolute Gasteiger partial charge is 0.261 e. The Hall–Kier alpha value is -1.44. The van der Waals surface area contributed by atoms with Crippen molar-refractivity contribution in [3.8, 4) is 17.2 Å². The molecular formula is C13H14BrN3O3. The lowest BCUT2D eigenvalue weighted by molar-refractivity contribution is -0.0264. The summed E-state index contributed by atoms with van der Waals surface area (Å²) in [5.41, 5.74) is 0.510. The molecule has 2 aromatic rings. The van der Waals surface area contributed by atoms with Gasteiger partial charge in [0.15, 0.2) is 0 Å². The highest BCUT2D eigenvalue weighted by Gasteiger charge is 2.25. The van der Waals surface area contributed by atoms with E-state index in [1.54, 1.807) is 12.1 Å². The van der Waals surface area contributed by atoms with Gasteiger partial charge in [-0.25, -0.2) is 0 Å². The lowest BCUT2D eigenvalue weighted by atomic mass is 10.2. The molecule has 0 bridgehead atoms. The van der Waals surface area contributed by atoms with E-state index in [0.717, 1.165) is 17.6 Å². The first kappa shape index (κ1) is 13.5. The predicted molar refractivity (Wildman–Crippen MR) is 75.3 cm³/mol. The second kappa shape index (κ2) is 5.51. The highest BCUT2D eigenvalue weighted by Crippen LogP contribution is 2.31. The number of phenolic OH excluding ortho intramolecular Hbond substituents is 1. The van der Waals surface area contributed by atoms with Crippen molar-refractivity contribution in [2.45, 2.75) is 6.10 Å². The third-order valence-electron chi connectivity index (χ3n) is 3.19. The summed E-state index contributed by atoms with van der Waals surface area (Å²) >= 11 is 3.29. The van der Waals surface area contributed by atoms with Crippen molar-refractivity contribution in [2.75, 3.05) is 26.7 Å². The zero-order valence-corrected chi connectivity index (χ0v) is 12.5. The van der Waals surface area contributed by atoms with Gasteiger partial charge in [0.1, 0.15) is 11.9 Å². The van der Waals surface area contributed by atoms with Gasteiger partial charge < -0.3 is 19.3 Å². The standard InChI is InChI=1S/C13H14BrN3O3/c1-17-4-5-19-11(7-17)12-15-13(20-16-12)9-3-2-8(14)6-10(9)18/h2-3,6,11,18H,4-5,7H2,1H3. The summed E-state index contributed by atoms with van der Waals surface area (Å²) in [5, 5.41) is 13.9. The van der Waals surface area contributed by atoms with Crippen LogP contribution in [0.3, 0.4) is 0 Å². The summed E-state index contributed by atoms with van der Waals surface area (Å²) in [7, 11) is 2.02. The molecule has 2 heterocycles. The maximum absolute atomic E-state index is 9.91. The van der Waals surface area contributed by atoms with E-state index in [9.17, 15) is 5.11 Å². The van der Waals surface area contributed by atoms with Crippen molar-refractivity contribution in [2.24, 2.45) is 0 Å². The minimum Gasteiger partial charge on any atom is -0.507 e. The lowest BCUT2D eigenvalue weighted by Crippen LogP contribution is -2.35. The zero-order valence-electron chi connectivity index (χ0n) is 10.9. The maximum atomic E-state index is 9.91. The molecule has 0 radical (unpaired) electrons. The monoisotopic (exact) mass is 339 g/mol. The third kappa shape index (κ3) is 2.70. The number of likely N-dealkylation sites (N-methyl/N-ethyl adjacent to an activating group) is 1. The van der Waals surface area contributed by atoms with E-state index in [0.29, 0.717) is 23.9 Å². The van der Waals surface area contributed by atoms with Crippen LogP contribution in [0.4, 0.5) is 0 Å². The number of aromatic nitrogens is 2. The molecule has 20 heavy (non-hydrogen) atoms. The first-order valence-electron chi connectivity index (χ1n) is 6.26. The van der Waals surface area contributed by atoms with Crippen molar-refractivity contribution in [1.29, 1.82) is 0 Å². The van der Waals surface area contributed by atoms with E-state index in [1.807, 2.05) is 13.1 Å². The van der Waals surface area contributed by atoms with Crippen molar-refractivity contribution in [3.63, 3.8) is 0 Å². The predicted octanol–water partition coefficient (Wildman–Crippen LogP) is 2.21. The topological polar surface area (TPSA) is 71.6 Å². The van der Waals surface area contributed by atoms with Crippen LogP contribution in [0.2, 0.25) is 0 Å². The molecule has 7 heteroatoms. The molecule has 0 spiro atoms. The molecule has 1 N–H and O–H groups in total. The molecule has 106 valence electrons. The zero-order chi connectivity index (χ0) is 14.1. The Labute approximate surface area is 124 Å². The summed E-state index contributed by atoms with van der Waals surface area (Å²) < 4.78 is 11.6. The molecule has 1 unspecified atom stereocenters. The number of halogens is 1. The van der Waals surface area contributed by atoms with Crippen LogP contribution in [0.5, 0.6) is 5.75 Å². The summed E-state index contributed by atoms with van der Waals surface area (Å²) in [5.74, 6) is 0.895. The summed E-state index contributed by atoms with van der Waals surface area (Å²) in [4.78, 5) is 6.48. The molecule has 1 aromatic heterocycles. The van der Waals surface area contributed by atoms with Crippen LogP contribution in [0.15, 0.2) is 27.2 Å². The summed E-state index contributed by atoms with van der Waals surface area (Å²) in [6.07, 6.45) is -0.191. The fourth-order valence-corrected chi connectivity index (χ4v) is 2.44. The van der Waals surface area contributed by atoms with E-state index < -0.39 is 0 Å². The van der Waals surface area contributed by atoms with E-state index >= 15 is 0 Å². The van der Waals surface area contributed by atoms with Crippen molar-refractivity contribution < 1.29 is 14.4 Å². The van der Waals surface area contributed by atoms with Gasteiger partial charge in [-0.2, -0.15) is 4.98 Å². The van der Waals surface area contributed by atoms with Crippen LogP contribution in [0.1, 0.15) is 11.9 Å². The Morgan fingerprint density at radius 2 is 2.30 bits per heavy atom. The van der Waals surface area contributed by atoms with E-state index in [1.165, 1.54) is 0 Å². The largest absolute Gasteiger partial charge is 0.507 e. The fourth-order valence-electron chi connectivity index (χ4n) is 2.09. The van der Waals surface area contributed by atoms with Crippen molar-refractivity contribution >= 4 is 15.9 Å². The van der Waals surface area contributed by atoms with Crippen LogP contribution in [0, 0.1) is 0 Å². The lowest BCUT2D eigenvalue weighted by Gasteiger charge is -2.27. The Kier molecular flexibility index (Phi) is 3.73. The van der Waals surface area contributed by atoms with Gasteiger partial charge in [0, 0.05) is 17.6 Å². The van der Waals surface area contributed by atoms with Gasteiger partial charge in [-0.1, -0.05) is 21.1 Å².